The van der Waals surface area contributed by atoms with E-state index in [1.807, 2.05) is 67.6 Å². The Bertz CT molecular complexity index is 1180. The predicted molar refractivity (Wildman–Crippen MR) is 125 cm³/mol. The SMILES string of the molecule is CCOC(=O)C[C@@H]1[C@@H](c2ccccc2)O[C@H](c2ccccc2)N1S(=O)(=O)c1ccc(C)cc1. The molecule has 33 heavy (non-hydrogen) atoms. The van der Waals surface area contributed by atoms with Gasteiger partial charge in [-0.3, -0.25) is 4.79 Å². The Hall–Kier alpha value is -3.00. The molecule has 0 amide bonds. The molecule has 3 aromatic rings. The van der Waals surface area contributed by atoms with Crippen LogP contribution in [-0.2, 0) is 24.3 Å². The van der Waals surface area contributed by atoms with E-state index in [9.17, 15) is 13.2 Å². The van der Waals surface area contributed by atoms with Gasteiger partial charge in [0.15, 0.2) is 6.23 Å². The quantitative estimate of drug-likeness (QED) is 0.470. The van der Waals surface area contributed by atoms with Crippen LogP contribution in [-0.4, -0.2) is 31.3 Å². The molecule has 1 aliphatic heterocycles. The molecule has 3 aromatic carbocycles. The molecule has 0 N–H and O–H groups in total. The summed E-state index contributed by atoms with van der Waals surface area (Å²) in [6, 6.07) is 24.5. The smallest absolute Gasteiger partial charge is 0.307 e. The molecule has 0 saturated carbocycles. The van der Waals surface area contributed by atoms with E-state index < -0.39 is 34.4 Å². The van der Waals surface area contributed by atoms with Crippen LogP contribution in [0.3, 0.4) is 0 Å². The van der Waals surface area contributed by atoms with Crippen LogP contribution in [0, 0.1) is 6.92 Å². The van der Waals surface area contributed by atoms with Crippen molar-refractivity contribution in [3.8, 4) is 0 Å². The predicted octanol–water partition coefficient (Wildman–Crippen LogP) is 4.78. The van der Waals surface area contributed by atoms with Crippen molar-refractivity contribution in [3.63, 3.8) is 0 Å². The van der Waals surface area contributed by atoms with Gasteiger partial charge < -0.3 is 9.47 Å². The number of carbonyl (C=O) groups excluding carboxylic acids is 1. The molecule has 7 heteroatoms. The molecular weight excluding hydrogens is 438 g/mol. The van der Waals surface area contributed by atoms with Gasteiger partial charge in [-0.05, 0) is 37.1 Å². The Balaban J connectivity index is 1.85. The third kappa shape index (κ3) is 4.85. The average molecular weight is 466 g/mol. The van der Waals surface area contributed by atoms with Crippen molar-refractivity contribution in [1.82, 2.24) is 4.31 Å². The van der Waals surface area contributed by atoms with Gasteiger partial charge in [-0.25, -0.2) is 8.42 Å². The summed E-state index contributed by atoms with van der Waals surface area (Å²) >= 11 is 0. The lowest BCUT2D eigenvalue weighted by Gasteiger charge is -2.28. The number of aryl methyl sites for hydroxylation is 1. The van der Waals surface area contributed by atoms with E-state index in [1.165, 1.54) is 4.31 Å². The number of benzene rings is 3. The zero-order valence-electron chi connectivity index (χ0n) is 18.6. The summed E-state index contributed by atoms with van der Waals surface area (Å²) in [5, 5.41) is 0. The molecule has 0 unspecified atom stereocenters. The van der Waals surface area contributed by atoms with Gasteiger partial charge in [0.2, 0.25) is 10.0 Å². The Labute approximate surface area is 194 Å². The summed E-state index contributed by atoms with van der Waals surface area (Å²) < 4.78 is 40.8. The Morgan fingerprint density at radius 2 is 1.48 bits per heavy atom. The van der Waals surface area contributed by atoms with Crippen molar-refractivity contribution in [1.29, 1.82) is 0 Å². The molecule has 1 saturated heterocycles. The monoisotopic (exact) mass is 465 g/mol. The maximum Gasteiger partial charge on any atom is 0.307 e. The van der Waals surface area contributed by atoms with E-state index in [0.717, 1.165) is 11.1 Å². The standard InChI is InChI=1S/C26H27NO5S/c1-3-31-24(28)18-23-25(20-10-6-4-7-11-20)32-26(21-12-8-5-9-13-21)27(23)33(29,30)22-16-14-19(2)15-17-22/h4-17,23,25-26H,3,18H2,1-2H3/t23-,25-,26-/m1/s1. The Kier molecular flexibility index (Phi) is 6.93. The second-order valence-corrected chi connectivity index (χ2v) is 9.80. The molecule has 1 heterocycles. The first kappa shape index (κ1) is 23.2. The second kappa shape index (κ2) is 9.87. The fourth-order valence-corrected chi connectivity index (χ4v) is 5.80. The second-order valence-electron chi connectivity index (χ2n) is 7.95. The van der Waals surface area contributed by atoms with E-state index in [4.69, 9.17) is 9.47 Å². The minimum Gasteiger partial charge on any atom is -0.466 e. The van der Waals surface area contributed by atoms with Crippen LogP contribution < -0.4 is 0 Å². The van der Waals surface area contributed by atoms with Crippen LogP contribution in [0.5, 0.6) is 0 Å². The number of hydrogen-bond donors (Lipinski definition) is 0. The molecule has 1 fully saturated rings. The van der Waals surface area contributed by atoms with E-state index in [-0.39, 0.29) is 17.9 Å². The number of carbonyl (C=O) groups is 1. The highest BCUT2D eigenvalue weighted by Crippen LogP contribution is 2.46. The molecule has 0 aliphatic carbocycles. The molecule has 172 valence electrons. The van der Waals surface area contributed by atoms with Gasteiger partial charge in [-0.2, -0.15) is 4.31 Å². The third-order valence-electron chi connectivity index (χ3n) is 5.67. The molecule has 0 aromatic heterocycles. The lowest BCUT2D eigenvalue weighted by molar-refractivity contribution is -0.144. The number of sulfonamides is 1. The third-order valence-corrected chi connectivity index (χ3v) is 7.56. The molecule has 0 radical (unpaired) electrons. The lowest BCUT2D eigenvalue weighted by Crippen LogP contribution is -2.40. The Morgan fingerprint density at radius 3 is 2.06 bits per heavy atom. The van der Waals surface area contributed by atoms with E-state index in [1.54, 1.807) is 31.2 Å². The van der Waals surface area contributed by atoms with Gasteiger partial charge in [0.25, 0.3) is 0 Å². The molecule has 1 aliphatic rings. The van der Waals surface area contributed by atoms with E-state index in [0.29, 0.717) is 5.56 Å². The zero-order valence-corrected chi connectivity index (χ0v) is 19.4. The highest BCUT2D eigenvalue weighted by atomic mass is 32.2. The van der Waals surface area contributed by atoms with Gasteiger partial charge in [-0.15, -0.1) is 0 Å². The summed E-state index contributed by atoms with van der Waals surface area (Å²) in [7, 11) is -4.00. The van der Waals surface area contributed by atoms with Crippen LogP contribution in [0.25, 0.3) is 0 Å². The average Bonchev–Trinajstić information content (AvgIpc) is 3.20. The number of esters is 1. The number of ether oxygens (including phenoxy) is 2. The van der Waals surface area contributed by atoms with Gasteiger partial charge in [0.05, 0.1) is 24.0 Å². The van der Waals surface area contributed by atoms with Crippen LogP contribution >= 0.6 is 0 Å². The fourth-order valence-electron chi connectivity index (χ4n) is 4.11. The van der Waals surface area contributed by atoms with Gasteiger partial charge in [-0.1, -0.05) is 78.4 Å². The van der Waals surface area contributed by atoms with Crippen molar-refractivity contribution >= 4 is 16.0 Å². The maximum absolute atomic E-state index is 13.9. The molecule has 6 nitrogen and oxygen atoms in total. The highest BCUT2D eigenvalue weighted by molar-refractivity contribution is 7.89. The minimum atomic E-state index is -4.00. The van der Waals surface area contributed by atoms with E-state index >= 15 is 0 Å². The van der Waals surface area contributed by atoms with Crippen LogP contribution in [0.1, 0.15) is 42.4 Å². The first-order valence-corrected chi connectivity index (χ1v) is 12.4. The highest BCUT2D eigenvalue weighted by Gasteiger charge is 2.50. The van der Waals surface area contributed by atoms with Crippen LogP contribution in [0.15, 0.2) is 89.8 Å². The van der Waals surface area contributed by atoms with Gasteiger partial charge in [0.1, 0.15) is 6.10 Å². The number of hydrogen-bond acceptors (Lipinski definition) is 5. The fraction of sp³-hybridized carbons (Fsp3) is 0.269. The molecular formula is C26H27NO5S. The zero-order chi connectivity index (χ0) is 23.4. The summed E-state index contributed by atoms with van der Waals surface area (Å²) in [6.07, 6.45) is -1.65. The molecule has 0 spiro atoms. The summed E-state index contributed by atoms with van der Waals surface area (Å²) in [5.74, 6) is -0.468. The van der Waals surface area contributed by atoms with Crippen molar-refractivity contribution < 1.29 is 22.7 Å². The molecule has 3 atom stereocenters. The Morgan fingerprint density at radius 1 is 0.909 bits per heavy atom. The van der Waals surface area contributed by atoms with Crippen LogP contribution in [0.2, 0.25) is 0 Å². The maximum atomic E-state index is 13.9. The van der Waals surface area contributed by atoms with E-state index in [2.05, 4.69) is 0 Å². The largest absolute Gasteiger partial charge is 0.466 e. The van der Waals surface area contributed by atoms with Gasteiger partial charge >= 0.3 is 5.97 Å². The number of nitrogens with zero attached hydrogens (tertiary/aromatic N) is 1. The van der Waals surface area contributed by atoms with Crippen LogP contribution in [0.4, 0.5) is 0 Å². The van der Waals surface area contributed by atoms with Crippen molar-refractivity contribution in [3.05, 3.63) is 102 Å². The lowest BCUT2D eigenvalue weighted by atomic mass is 10.0. The summed E-state index contributed by atoms with van der Waals surface area (Å²) in [6.45, 7) is 3.84. The van der Waals surface area contributed by atoms with Gasteiger partial charge in [0, 0.05) is 0 Å². The molecule has 4 rings (SSSR count). The summed E-state index contributed by atoms with van der Waals surface area (Å²) in [4.78, 5) is 12.7. The summed E-state index contributed by atoms with van der Waals surface area (Å²) in [5.41, 5.74) is 2.45. The first-order valence-electron chi connectivity index (χ1n) is 10.9. The van der Waals surface area contributed by atoms with Crippen molar-refractivity contribution in [2.75, 3.05) is 6.61 Å². The number of rotatable bonds is 7. The molecule has 0 bridgehead atoms. The van der Waals surface area contributed by atoms with Crippen molar-refractivity contribution in [2.45, 2.75) is 43.5 Å². The minimum absolute atomic E-state index is 0.123. The normalized spacial score (nSPS) is 21.1. The first-order chi connectivity index (χ1) is 15.9. The van der Waals surface area contributed by atoms with Crippen molar-refractivity contribution in [2.24, 2.45) is 0 Å². The topological polar surface area (TPSA) is 72.9 Å².